The van der Waals surface area contributed by atoms with Gasteiger partial charge in [-0.2, -0.15) is 0 Å². The van der Waals surface area contributed by atoms with E-state index in [2.05, 4.69) is 18.2 Å². The van der Waals surface area contributed by atoms with Crippen LogP contribution in [0.3, 0.4) is 0 Å². The van der Waals surface area contributed by atoms with Gasteiger partial charge >= 0.3 is 12.1 Å². The topological polar surface area (TPSA) is 85.3 Å². The van der Waals surface area contributed by atoms with Gasteiger partial charge in [-0.05, 0) is 99.0 Å². The van der Waals surface area contributed by atoms with E-state index in [-0.39, 0.29) is 19.2 Å². The van der Waals surface area contributed by atoms with Crippen molar-refractivity contribution in [3.8, 4) is 16.9 Å². The molecule has 218 valence electrons. The molecule has 0 fully saturated rings. The fraction of sp³-hybridized carbons (Fsp3) is 0.394. The van der Waals surface area contributed by atoms with E-state index in [0.717, 1.165) is 29.5 Å². The number of aryl methyl sites for hydroxylation is 1. The SMILES string of the molecule is CCOC(=O)COc1cccc(-c2ccc3c(c2)CC(N(CC(O)c2cccc(Cl)c2)C(=O)OC(C)(C)C)CC3)c1. The minimum atomic E-state index is -0.911. The van der Waals surface area contributed by atoms with Crippen molar-refractivity contribution in [2.24, 2.45) is 0 Å². The van der Waals surface area contributed by atoms with Gasteiger partial charge in [-0.25, -0.2) is 9.59 Å². The molecule has 0 spiro atoms. The summed E-state index contributed by atoms with van der Waals surface area (Å²) in [5.74, 6) is 0.171. The molecule has 3 aromatic carbocycles. The maximum atomic E-state index is 13.4. The van der Waals surface area contributed by atoms with Crippen LogP contribution in [0.4, 0.5) is 4.79 Å². The van der Waals surface area contributed by atoms with Crippen LogP contribution in [0.2, 0.25) is 5.02 Å². The second-order valence-electron chi connectivity index (χ2n) is 11.2. The first-order valence-electron chi connectivity index (χ1n) is 14.0. The number of benzene rings is 3. The lowest BCUT2D eigenvalue weighted by molar-refractivity contribution is -0.145. The summed E-state index contributed by atoms with van der Waals surface area (Å²) >= 11 is 6.15. The summed E-state index contributed by atoms with van der Waals surface area (Å²) in [6.07, 6.45) is 0.825. The van der Waals surface area contributed by atoms with Crippen LogP contribution < -0.4 is 4.74 Å². The number of fused-ring (bicyclic) bond motifs is 1. The second kappa shape index (κ2) is 13.4. The van der Waals surface area contributed by atoms with Gasteiger partial charge in [-0.1, -0.05) is 54.1 Å². The van der Waals surface area contributed by atoms with Crippen LogP contribution >= 0.6 is 11.6 Å². The molecule has 1 aliphatic rings. The summed E-state index contributed by atoms with van der Waals surface area (Å²) < 4.78 is 16.3. The Hall–Kier alpha value is -3.55. The number of rotatable bonds is 9. The molecule has 1 N–H and O–H groups in total. The van der Waals surface area contributed by atoms with Crippen LogP contribution in [-0.2, 0) is 27.1 Å². The van der Waals surface area contributed by atoms with Crippen LogP contribution in [-0.4, -0.2) is 53.5 Å². The number of hydrogen-bond acceptors (Lipinski definition) is 6. The van der Waals surface area contributed by atoms with Gasteiger partial charge in [0.2, 0.25) is 0 Å². The number of carbonyl (C=O) groups excluding carboxylic acids is 2. The molecule has 1 aliphatic carbocycles. The third-order valence-corrected chi connectivity index (χ3v) is 7.15. The van der Waals surface area contributed by atoms with Gasteiger partial charge in [-0.3, -0.25) is 0 Å². The summed E-state index contributed by atoms with van der Waals surface area (Å²) in [5, 5.41) is 11.6. The number of aliphatic hydroxyl groups excluding tert-OH is 1. The molecule has 41 heavy (non-hydrogen) atoms. The Morgan fingerprint density at radius 3 is 2.51 bits per heavy atom. The van der Waals surface area contributed by atoms with Gasteiger partial charge in [0.05, 0.1) is 19.3 Å². The van der Waals surface area contributed by atoms with Crippen molar-refractivity contribution in [1.29, 1.82) is 0 Å². The van der Waals surface area contributed by atoms with E-state index in [9.17, 15) is 14.7 Å². The minimum Gasteiger partial charge on any atom is -0.482 e. The van der Waals surface area contributed by atoms with Crippen molar-refractivity contribution in [2.75, 3.05) is 19.8 Å². The lowest BCUT2D eigenvalue weighted by Crippen LogP contribution is -2.47. The molecule has 0 saturated carbocycles. The molecule has 0 saturated heterocycles. The highest BCUT2D eigenvalue weighted by molar-refractivity contribution is 6.30. The molecule has 8 heteroatoms. The molecule has 0 heterocycles. The molecule has 2 unspecified atom stereocenters. The minimum absolute atomic E-state index is 0.0921. The molecular weight excluding hydrogens is 542 g/mol. The first-order valence-corrected chi connectivity index (χ1v) is 14.3. The molecular formula is C33H38ClNO6. The lowest BCUT2D eigenvalue weighted by atomic mass is 9.85. The highest BCUT2D eigenvalue weighted by Crippen LogP contribution is 2.32. The van der Waals surface area contributed by atoms with Crippen molar-refractivity contribution < 1.29 is 28.9 Å². The van der Waals surface area contributed by atoms with Crippen LogP contribution in [0.15, 0.2) is 66.7 Å². The third-order valence-electron chi connectivity index (χ3n) is 6.91. The van der Waals surface area contributed by atoms with Gasteiger partial charge in [0.15, 0.2) is 6.61 Å². The number of amides is 1. The zero-order valence-corrected chi connectivity index (χ0v) is 24.8. The summed E-state index contributed by atoms with van der Waals surface area (Å²) in [5.41, 5.74) is 4.32. The van der Waals surface area contributed by atoms with Crippen molar-refractivity contribution in [3.63, 3.8) is 0 Å². The molecule has 4 rings (SSSR count). The van der Waals surface area contributed by atoms with Crippen molar-refractivity contribution in [2.45, 2.75) is 64.7 Å². The van der Waals surface area contributed by atoms with Crippen LogP contribution in [0.25, 0.3) is 11.1 Å². The first kappa shape index (κ1) is 30.4. The highest BCUT2D eigenvalue weighted by atomic mass is 35.5. The van der Waals surface area contributed by atoms with E-state index in [1.165, 1.54) is 5.56 Å². The standard InChI is InChI=1S/C33H38ClNO6/c1-5-39-31(37)21-40-29-11-7-8-23(19-29)24-13-12-22-14-15-28(18-26(22)16-24)35(32(38)41-33(2,3)4)20-30(36)25-9-6-10-27(34)17-25/h6-13,16-17,19,28,30,36H,5,14-15,18,20-21H2,1-4H3. The Balaban J connectivity index is 1.55. The largest absolute Gasteiger partial charge is 0.482 e. The number of nitrogens with zero attached hydrogens (tertiary/aromatic N) is 1. The van der Waals surface area contributed by atoms with Gasteiger partial charge in [0.1, 0.15) is 11.4 Å². The number of hydrogen-bond donors (Lipinski definition) is 1. The average Bonchev–Trinajstić information content (AvgIpc) is 2.93. The lowest BCUT2D eigenvalue weighted by Gasteiger charge is -2.37. The number of esters is 1. The quantitative estimate of drug-likeness (QED) is 0.281. The van der Waals surface area contributed by atoms with E-state index in [1.807, 2.05) is 39.0 Å². The molecule has 0 aromatic heterocycles. The Kier molecular flexibility index (Phi) is 9.94. The molecule has 0 bridgehead atoms. The maximum absolute atomic E-state index is 13.4. The maximum Gasteiger partial charge on any atom is 0.410 e. The fourth-order valence-corrected chi connectivity index (χ4v) is 5.19. The van der Waals surface area contributed by atoms with E-state index < -0.39 is 23.8 Å². The number of ether oxygens (including phenoxy) is 3. The monoisotopic (exact) mass is 579 g/mol. The summed E-state index contributed by atoms with van der Waals surface area (Å²) in [6, 6.07) is 20.8. The van der Waals surface area contributed by atoms with E-state index in [4.69, 9.17) is 25.8 Å². The third kappa shape index (κ3) is 8.47. The van der Waals surface area contributed by atoms with Gasteiger partial charge in [0, 0.05) is 11.1 Å². The molecule has 2 atom stereocenters. The highest BCUT2D eigenvalue weighted by Gasteiger charge is 2.33. The summed E-state index contributed by atoms with van der Waals surface area (Å²) in [6.45, 7) is 7.52. The molecule has 0 aliphatic heterocycles. The van der Waals surface area contributed by atoms with E-state index in [1.54, 1.807) is 42.2 Å². The smallest absolute Gasteiger partial charge is 0.410 e. The van der Waals surface area contributed by atoms with Crippen molar-refractivity contribution >= 4 is 23.7 Å². The molecule has 0 radical (unpaired) electrons. The van der Waals surface area contributed by atoms with Crippen LogP contribution in [0.5, 0.6) is 5.75 Å². The number of carbonyl (C=O) groups is 2. The molecule has 3 aromatic rings. The Labute approximate surface area is 247 Å². The predicted octanol–water partition coefficient (Wildman–Crippen LogP) is 6.78. The Morgan fingerprint density at radius 1 is 1.02 bits per heavy atom. The summed E-state index contributed by atoms with van der Waals surface area (Å²) in [4.78, 5) is 26.8. The first-order chi connectivity index (χ1) is 19.5. The van der Waals surface area contributed by atoms with Gasteiger partial charge in [-0.15, -0.1) is 0 Å². The predicted molar refractivity (Wildman–Crippen MR) is 159 cm³/mol. The second-order valence-corrected chi connectivity index (χ2v) is 11.6. The molecule has 1 amide bonds. The van der Waals surface area contributed by atoms with Gasteiger partial charge < -0.3 is 24.2 Å². The fourth-order valence-electron chi connectivity index (χ4n) is 4.99. The van der Waals surface area contributed by atoms with Crippen LogP contribution in [0, 0.1) is 0 Å². The van der Waals surface area contributed by atoms with Crippen molar-refractivity contribution in [3.05, 3.63) is 88.4 Å². The number of aliphatic hydroxyl groups is 1. The number of halogens is 1. The molecule has 7 nitrogen and oxygen atoms in total. The van der Waals surface area contributed by atoms with Crippen molar-refractivity contribution in [1.82, 2.24) is 4.90 Å². The zero-order chi connectivity index (χ0) is 29.6. The zero-order valence-electron chi connectivity index (χ0n) is 24.1. The summed E-state index contributed by atoms with van der Waals surface area (Å²) in [7, 11) is 0. The average molecular weight is 580 g/mol. The van der Waals surface area contributed by atoms with Crippen LogP contribution in [0.1, 0.15) is 56.9 Å². The normalized spacial score (nSPS) is 15.4. The van der Waals surface area contributed by atoms with Gasteiger partial charge in [0.25, 0.3) is 0 Å². The Bertz CT molecular complexity index is 1370. The van der Waals surface area contributed by atoms with E-state index in [0.29, 0.717) is 29.4 Å². The Morgan fingerprint density at radius 2 is 1.78 bits per heavy atom. The van der Waals surface area contributed by atoms with E-state index >= 15 is 0 Å².